The van der Waals surface area contributed by atoms with Crippen molar-refractivity contribution in [2.45, 2.75) is 44.0 Å². The quantitative estimate of drug-likeness (QED) is 0.587. The van der Waals surface area contributed by atoms with Gasteiger partial charge in [0.15, 0.2) is 11.5 Å². The summed E-state index contributed by atoms with van der Waals surface area (Å²) in [5.74, 6) is 1.42. The van der Waals surface area contributed by atoms with Gasteiger partial charge in [0, 0.05) is 50.7 Å². The van der Waals surface area contributed by atoms with Crippen LogP contribution >= 0.6 is 0 Å². The summed E-state index contributed by atoms with van der Waals surface area (Å²) in [6.45, 7) is 9.79. The first-order chi connectivity index (χ1) is 16.3. The molecule has 4 rings (SSSR count). The van der Waals surface area contributed by atoms with E-state index in [9.17, 15) is 13.2 Å². The molecule has 3 aliphatic heterocycles. The monoisotopic (exact) mass is 495 g/mol. The number of carbonyl (C=O) groups is 1. The maximum absolute atomic E-state index is 13.2. The van der Waals surface area contributed by atoms with Gasteiger partial charge in [-0.05, 0) is 37.3 Å². The molecule has 1 aromatic rings. The topological polar surface area (TPSA) is 97.4 Å². The summed E-state index contributed by atoms with van der Waals surface area (Å²) in [5.41, 5.74) is 0. The third-order valence-electron chi connectivity index (χ3n) is 6.79. The molecule has 3 aliphatic rings. The maximum Gasteiger partial charge on any atom is 0.243 e. The summed E-state index contributed by atoms with van der Waals surface area (Å²) >= 11 is 0. The summed E-state index contributed by atoms with van der Waals surface area (Å²) in [4.78, 5) is 15.5. The molecule has 1 aromatic carbocycles. The Morgan fingerprint density at radius 1 is 1.03 bits per heavy atom. The van der Waals surface area contributed by atoms with Crippen LogP contribution in [0.1, 0.15) is 33.1 Å². The molecule has 0 spiro atoms. The molecule has 1 N–H and O–H groups in total. The summed E-state index contributed by atoms with van der Waals surface area (Å²) < 4.78 is 44.3. The van der Waals surface area contributed by atoms with Crippen molar-refractivity contribution in [1.29, 1.82) is 0 Å². The lowest BCUT2D eigenvalue weighted by molar-refractivity contribution is -0.126. The lowest BCUT2D eigenvalue weighted by atomic mass is 9.96. The van der Waals surface area contributed by atoms with Gasteiger partial charge in [-0.2, -0.15) is 4.31 Å². The van der Waals surface area contributed by atoms with Crippen LogP contribution in [0.25, 0.3) is 0 Å². The SMILES string of the molecule is CC(C)CC(CNC(=O)C1CCN(S(=O)(=O)c2ccc3c(c2)OCCO3)CC1)N1CCOCC1. The van der Waals surface area contributed by atoms with E-state index in [4.69, 9.17) is 14.2 Å². The van der Waals surface area contributed by atoms with E-state index in [1.165, 1.54) is 10.4 Å². The van der Waals surface area contributed by atoms with Crippen LogP contribution in [0.4, 0.5) is 0 Å². The van der Waals surface area contributed by atoms with Crippen LogP contribution in [0, 0.1) is 11.8 Å². The molecule has 10 heteroatoms. The van der Waals surface area contributed by atoms with E-state index in [1.807, 2.05) is 0 Å². The van der Waals surface area contributed by atoms with E-state index >= 15 is 0 Å². The number of carbonyl (C=O) groups excluding carboxylic acids is 1. The van der Waals surface area contributed by atoms with Gasteiger partial charge in [-0.3, -0.25) is 9.69 Å². The van der Waals surface area contributed by atoms with E-state index in [2.05, 4.69) is 24.1 Å². The highest BCUT2D eigenvalue weighted by Crippen LogP contribution is 2.34. The van der Waals surface area contributed by atoms with Crippen LogP contribution in [0.5, 0.6) is 11.5 Å². The van der Waals surface area contributed by atoms with Gasteiger partial charge in [-0.25, -0.2) is 8.42 Å². The number of amides is 1. The highest BCUT2D eigenvalue weighted by molar-refractivity contribution is 7.89. The fourth-order valence-electron chi connectivity index (χ4n) is 4.90. The minimum absolute atomic E-state index is 0.0263. The molecular formula is C24H37N3O6S. The predicted molar refractivity (Wildman–Crippen MR) is 128 cm³/mol. The van der Waals surface area contributed by atoms with Gasteiger partial charge in [0.05, 0.1) is 18.1 Å². The summed E-state index contributed by atoms with van der Waals surface area (Å²) in [5, 5.41) is 3.15. The van der Waals surface area contributed by atoms with Crippen molar-refractivity contribution in [1.82, 2.24) is 14.5 Å². The Balaban J connectivity index is 1.30. The Kier molecular flexibility index (Phi) is 8.34. The summed E-state index contributed by atoms with van der Waals surface area (Å²) in [7, 11) is -3.65. The second kappa shape index (κ2) is 11.2. The smallest absolute Gasteiger partial charge is 0.243 e. The molecular weight excluding hydrogens is 458 g/mol. The molecule has 0 bridgehead atoms. The van der Waals surface area contributed by atoms with Crippen molar-refractivity contribution in [3.05, 3.63) is 18.2 Å². The molecule has 9 nitrogen and oxygen atoms in total. The van der Waals surface area contributed by atoms with Crippen molar-refractivity contribution >= 4 is 15.9 Å². The van der Waals surface area contributed by atoms with Gasteiger partial charge in [0.25, 0.3) is 0 Å². The summed E-state index contributed by atoms with van der Waals surface area (Å²) in [6, 6.07) is 5.03. The molecule has 1 unspecified atom stereocenters. The largest absolute Gasteiger partial charge is 0.486 e. The average molecular weight is 496 g/mol. The highest BCUT2D eigenvalue weighted by atomic mass is 32.2. The van der Waals surface area contributed by atoms with Crippen LogP contribution < -0.4 is 14.8 Å². The first-order valence-electron chi connectivity index (χ1n) is 12.3. The van der Waals surface area contributed by atoms with Crippen LogP contribution in [0.2, 0.25) is 0 Å². The first kappa shape index (κ1) is 25.2. The average Bonchev–Trinajstić information content (AvgIpc) is 2.86. The number of nitrogens with zero attached hydrogens (tertiary/aromatic N) is 2. The lowest BCUT2D eigenvalue weighted by Crippen LogP contribution is -2.50. The number of hydrogen-bond acceptors (Lipinski definition) is 7. The normalized spacial score (nSPS) is 21.4. The fourth-order valence-corrected chi connectivity index (χ4v) is 6.39. The minimum Gasteiger partial charge on any atom is -0.486 e. The molecule has 0 aromatic heterocycles. The third kappa shape index (κ3) is 6.02. The third-order valence-corrected chi connectivity index (χ3v) is 8.69. The van der Waals surface area contributed by atoms with Crippen molar-refractivity contribution in [3.8, 4) is 11.5 Å². The van der Waals surface area contributed by atoms with Crippen LogP contribution in [0.3, 0.4) is 0 Å². The molecule has 190 valence electrons. The van der Waals surface area contributed by atoms with Crippen LogP contribution in [-0.4, -0.2) is 88.7 Å². The molecule has 0 radical (unpaired) electrons. The van der Waals surface area contributed by atoms with Gasteiger partial charge in [0.2, 0.25) is 15.9 Å². The zero-order chi connectivity index (χ0) is 24.1. The lowest BCUT2D eigenvalue weighted by Gasteiger charge is -2.36. The van der Waals surface area contributed by atoms with E-state index < -0.39 is 10.0 Å². The number of rotatable bonds is 8. The Bertz CT molecular complexity index is 940. The van der Waals surface area contributed by atoms with Gasteiger partial charge in [0.1, 0.15) is 13.2 Å². The molecule has 2 fully saturated rings. The first-order valence-corrected chi connectivity index (χ1v) is 13.8. The van der Waals surface area contributed by atoms with Gasteiger partial charge < -0.3 is 19.5 Å². The van der Waals surface area contributed by atoms with E-state index in [-0.39, 0.29) is 16.7 Å². The minimum atomic E-state index is -3.65. The number of ether oxygens (including phenoxy) is 3. The zero-order valence-corrected chi connectivity index (χ0v) is 21.0. The molecule has 1 atom stereocenters. The second-order valence-electron chi connectivity index (χ2n) is 9.66. The number of sulfonamides is 1. The van der Waals surface area contributed by atoms with E-state index in [1.54, 1.807) is 12.1 Å². The fraction of sp³-hybridized carbons (Fsp3) is 0.708. The number of benzene rings is 1. The van der Waals surface area contributed by atoms with Crippen molar-refractivity contribution in [2.75, 3.05) is 59.2 Å². The van der Waals surface area contributed by atoms with Crippen LogP contribution in [0.15, 0.2) is 23.1 Å². The second-order valence-corrected chi connectivity index (χ2v) is 11.6. The van der Waals surface area contributed by atoms with E-state index in [0.717, 1.165) is 32.7 Å². The van der Waals surface area contributed by atoms with Crippen molar-refractivity contribution in [3.63, 3.8) is 0 Å². The van der Waals surface area contributed by atoms with E-state index in [0.29, 0.717) is 69.1 Å². The number of fused-ring (bicyclic) bond motifs is 1. The highest BCUT2D eigenvalue weighted by Gasteiger charge is 2.33. The molecule has 0 aliphatic carbocycles. The summed E-state index contributed by atoms with van der Waals surface area (Å²) in [6.07, 6.45) is 2.05. The van der Waals surface area contributed by atoms with Gasteiger partial charge in [-0.15, -0.1) is 0 Å². The maximum atomic E-state index is 13.2. The Hall–Kier alpha value is -1.88. The number of hydrogen-bond donors (Lipinski definition) is 1. The Labute approximate surface area is 202 Å². The number of piperidine rings is 1. The Morgan fingerprint density at radius 2 is 1.71 bits per heavy atom. The predicted octanol–water partition coefficient (Wildman–Crippen LogP) is 1.72. The molecule has 2 saturated heterocycles. The zero-order valence-electron chi connectivity index (χ0n) is 20.2. The molecule has 1 amide bonds. The van der Waals surface area contributed by atoms with Gasteiger partial charge in [-0.1, -0.05) is 13.8 Å². The van der Waals surface area contributed by atoms with Crippen molar-refractivity contribution in [2.24, 2.45) is 11.8 Å². The van der Waals surface area contributed by atoms with Gasteiger partial charge >= 0.3 is 0 Å². The van der Waals surface area contributed by atoms with Crippen LogP contribution in [-0.2, 0) is 19.6 Å². The standard InChI is InChI=1S/C24H37N3O6S/c1-18(2)15-20(26-9-11-31-12-10-26)17-25-24(28)19-5-7-27(8-6-19)34(29,30)21-3-4-22-23(16-21)33-14-13-32-22/h3-4,16,18-20H,5-15,17H2,1-2H3,(H,25,28). The Morgan fingerprint density at radius 3 is 2.38 bits per heavy atom. The number of morpholine rings is 1. The molecule has 3 heterocycles. The number of nitrogens with one attached hydrogen (secondary N) is 1. The van der Waals surface area contributed by atoms with Crippen molar-refractivity contribution < 1.29 is 27.4 Å². The molecule has 34 heavy (non-hydrogen) atoms. The molecule has 0 saturated carbocycles.